The average Bonchev–Trinajstić information content (AvgIpc) is 3.52. The Morgan fingerprint density at radius 3 is 2.85 bits per heavy atom. The molecular formula is C23H23N5O6. The molecule has 1 saturated heterocycles. The number of allylic oxidation sites excluding steroid dienone is 7. The zero-order valence-corrected chi connectivity index (χ0v) is 18.1. The van der Waals surface area contributed by atoms with Crippen LogP contribution in [-0.2, 0) is 20.1 Å². The molecule has 2 fully saturated rings. The smallest absolute Gasteiger partial charge is 0.332 e. The number of nitrogens with two attached hydrogens (primary N) is 1. The van der Waals surface area contributed by atoms with Gasteiger partial charge in [-0.3, -0.25) is 19.1 Å². The van der Waals surface area contributed by atoms with Gasteiger partial charge in [-0.1, -0.05) is 30.4 Å². The summed E-state index contributed by atoms with van der Waals surface area (Å²) in [4.78, 5) is 44.2. The van der Waals surface area contributed by atoms with E-state index in [0.29, 0.717) is 18.5 Å². The zero-order chi connectivity index (χ0) is 24.0. The van der Waals surface area contributed by atoms with Crippen molar-refractivity contribution in [2.24, 2.45) is 5.92 Å². The van der Waals surface area contributed by atoms with Crippen LogP contribution in [0, 0.1) is 5.92 Å². The number of rotatable bonds is 4. The number of H-pyrrole nitrogens is 1. The van der Waals surface area contributed by atoms with Crippen molar-refractivity contribution in [3.63, 3.8) is 0 Å². The first-order valence-electron chi connectivity index (χ1n) is 10.9. The number of carboxylic acids is 2. The van der Waals surface area contributed by atoms with Gasteiger partial charge in [-0.2, -0.15) is 4.98 Å². The molecule has 2 aromatic heterocycles. The van der Waals surface area contributed by atoms with Gasteiger partial charge >= 0.3 is 11.9 Å². The number of hydrogen-bond acceptors (Lipinski definition) is 7. The number of ether oxygens (including phenoxy) is 1. The quantitative estimate of drug-likeness (QED) is 0.525. The first-order valence-corrected chi connectivity index (χ1v) is 10.9. The second-order valence-corrected chi connectivity index (χ2v) is 8.72. The summed E-state index contributed by atoms with van der Waals surface area (Å²) in [6.45, 7) is 0. The Hall–Kier alpha value is -3.99. The third-order valence-electron chi connectivity index (χ3n) is 6.60. The van der Waals surface area contributed by atoms with Crippen molar-refractivity contribution in [1.82, 2.24) is 19.5 Å². The summed E-state index contributed by atoms with van der Waals surface area (Å²) in [5, 5.41) is 17.8. The first-order chi connectivity index (χ1) is 16.3. The molecular weight excluding hydrogens is 442 g/mol. The van der Waals surface area contributed by atoms with E-state index in [9.17, 15) is 19.5 Å². The fraction of sp³-hybridized carbons (Fsp3) is 0.348. The lowest BCUT2D eigenvalue weighted by Gasteiger charge is -2.30. The molecule has 3 aliphatic carbocycles. The number of nitrogens with zero attached hydrogens (tertiary/aromatic N) is 3. The largest absolute Gasteiger partial charge is 0.481 e. The third-order valence-corrected chi connectivity index (χ3v) is 6.60. The Balaban J connectivity index is 0.000000169. The van der Waals surface area contributed by atoms with Crippen LogP contribution >= 0.6 is 0 Å². The minimum absolute atomic E-state index is 0.00187. The number of nitrogens with one attached hydrogen (secondary N) is 1. The highest BCUT2D eigenvalue weighted by molar-refractivity contribution is 5.75. The number of imidazole rings is 1. The molecule has 0 spiro atoms. The van der Waals surface area contributed by atoms with Crippen molar-refractivity contribution in [2.75, 3.05) is 5.73 Å². The van der Waals surface area contributed by atoms with Crippen molar-refractivity contribution >= 4 is 29.1 Å². The van der Waals surface area contributed by atoms with Gasteiger partial charge in [0.1, 0.15) is 0 Å². The number of aromatic nitrogens is 4. The molecule has 0 aromatic carbocycles. The Bertz CT molecular complexity index is 1380. The maximum absolute atomic E-state index is 11.9. The van der Waals surface area contributed by atoms with Crippen LogP contribution < -0.4 is 11.3 Å². The molecule has 2 aromatic rings. The lowest BCUT2D eigenvalue weighted by molar-refractivity contribution is -0.163. The first kappa shape index (κ1) is 21.8. The molecule has 0 amide bonds. The Morgan fingerprint density at radius 2 is 2.12 bits per heavy atom. The minimum Gasteiger partial charge on any atom is -0.481 e. The van der Waals surface area contributed by atoms with Crippen molar-refractivity contribution in [3.8, 4) is 0 Å². The Labute approximate surface area is 193 Å². The summed E-state index contributed by atoms with van der Waals surface area (Å²) in [5.41, 5.74) is 8.06. The summed E-state index contributed by atoms with van der Waals surface area (Å²) in [5.74, 6) is -1.68. The molecule has 1 unspecified atom stereocenters. The standard InChI is InChI=1S/C13H15N5O4.C10H8O2/c14-12-16-9-8(10(19)17-12)15-5-18(9)13-3-1-2-6(13)4-7(22-13)11(20)21;11-10(12)6-7-4-8-2-1-3-9(8)5-7/h5-7H,1-4H2,(H,20,21)(H3,14,16,17,19);1-5H,6H2,(H,11,12)/t6?,7-,13-;/m1./s1. The molecule has 11 nitrogen and oxygen atoms in total. The van der Waals surface area contributed by atoms with Crippen LogP contribution in [0.2, 0.25) is 0 Å². The van der Waals surface area contributed by atoms with Gasteiger partial charge in [0.05, 0.1) is 12.7 Å². The highest BCUT2D eigenvalue weighted by atomic mass is 16.6. The summed E-state index contributed by atoms with van der Waals surface area (Å²) in [6.07, 6.45) is 13.5. The van der Waals surface area contributed by atoms with Crippen LogP contribution in [-0.4, -0.2) is 47.8 Å². The number of carbonyl (C=O) groups is 2. The monoisotopic (exact) mass is 465 g/mol. The topological polar surface area (TPSA) is 173 Å². The van der Waals surface area contributed by atoms with Crippen LogP contribution in [0.3, 0.4) is 0 Å². The van der Waals surface area contributed by atoms with E-state index in [4.69, 9.17) is 15.6 Å². The van der Waals surface area contributed by atoms with Crippen LogP contribution in [0.5, 0.6) is 0 Å². The van der Waals surface area contributed by atoms with Crippen molar-refractivity contribution < 1.29 is 24.5 Å². The van der Waals surface area contributed by atoms with Crippen LogP contribution in [0.4, 0.5) is 5.95 Å². The second-order valence-electron chi connectivity index (χ2n) is 8.72. The lowest BCUT2D eigenvalue weighted by Crippen LogP contribution is -2.36. The molecule has 11 heteroatoms. The van der Waals surface area contributed by atoms with Crippen LogP contribution in [0.15, 0.2) is 58.2 Å². The molecule has 0 bridgehead atoms. The summed E-state index contributed by atoms with van der Waals surface area (Å²) in [6, 6.07) is 0. The minimum atomic E-state index is -0.969. The molecule has 6 rings (SSSR count). The van der Waals surface area contributed by atoms with Gasteiger partial charge in [-0.05, 0) is 42.4 Å². The second kappa shape index (κ2) is 8.10. The van der Waals surface area contributed by atoms with Gasteiger partial charge in [0.15, 0.2) is 23.0 Å². The van der Waals surface area contributed by atoms with Gasteiger partial charge in [0.25, 0.3) is 5.56 Å². The third kappa shape index (κ3) is 3.63. The molecule has 1 saturated carbocycles. The fourth-order valence-electron chi connectivity index (χ4n) is 5.20. The molecule has 3 heterocycles. The number of aromatic amines is 1. The van der Waals surface area contributed by atoms with E-state index in [-0.39, 0.29) is 23.8 Å². The summed E-state index contributed by atoms with van der Waals surface area (Å²) >= 11 is 0. The van der Waals surface area contributed by atoms with Crippen LogP contribution in [0.1, 0.15) is 32.1 Å². The molecule has 0 radical (unpaired) electrons. The van der Waals surface area contributed by atoms with Gasteiger partial charge in [0, 0.05) is 5.92 Å². The maximum Gasteiger partial charge on any atom is 0.332 e. The number of hydrogen-bond donors (Lipinski definition) is 4. The highest BCUT2D eigenvalue weighted by Gasteiger charge is 2.55. The molecule has 1 aliphatic heterocycles. The van der Waals surface area contributed by atoms with Gasteiger partial charge in [0.2, 0.25) is 5.95 Å². The number of fused-ring (bicyclic) bond motifs is 3. The van der Waals surface area contributed by atoms with E-state index in [1.165, 1.54) is 6.33 Å². The number of carboxylic acid groups (broad SMARTS) is 2. The van der Waals surface area contributed by atoms with Crippen molar-refractivity contribution in [2.45, 2.75) is 43.9 Å². The summed E-state index contributed by atoms with van der Waals surface area (Å²) in [7, 11) is 0. The molecule has 3 atom stereocenters. The van der Waals surface area contributed by atoms with Crippen molar-refractivity contribution in [3.05, 3.63) is 63.8 Å². The van der Waals surface area contributed by atoms with E-state index < -0.39 is 29.3 Å². The van der Waals surface area contributed by atoms with Crippen molar-refractivity contribution in [1.29, 1.82) is 0 Å². The summed E-state index contributed by atoms with van der Waals surface area (Å²) < 4.78 is 7.59. The number of aliphatic carboxylic acids is 2. The number of anilines is 1. The predicted molar refractivity (Wildman–Crippen MR) is 121 cm³/mol. The van der Waals surface area contributed by atoms with Crippen LogP contribution in [0.25, 0.3) is 11.2 Å². The van der Waals surface area contributed by atoms with E-state index in [0.717, 1.165) is 29.6 Å². The highest BCUT2D eigenvalue weighted by Crippen LogP contribution is 2.51. The van der Waals surface area contributed by atoms with Gasteiger partial charge in [-0.15, -0.1) is 0 Å². The lowest BCUT2D eigenvalue weighted by atomic mass is 9.97. The SMILES string of the molecule is Nc1nc2c(ncn2[C@@]23CCCC2C[C@H](C(=O)O)O3)c(=O)[nH]1.O=C(O)CC1=CC2=CC=CC2=C1. The zero-order valence-electron chi connectivity index (χ0n) is 18.1. The van der Waals surface area contributed by atoms with E-state index in [1.807, 2.05) is 30.4 Å². The molecule has 4 aliphatic rings. The Kier molecular flexibility index (Phi) is 5.20. The molecule has 34 heavy (non-hydrogen) atoms. The molecule has 176 valence electrons. The number of nitrogen functional groups attached to an aromatic ring is 1. The molecule has 5 N–H and O–H groups in total. The van der Waals surface area contributed by atoms with E-state index in [1.54, 1.807) is 4.57 Å². The average molecular weight is 465 g/mol. The van der Waals surface area contributed by atoms with Gasteiger partial charge in [-0.25, -0.2) is 9.78 Å². The Morgan fingerprint density at radius 1 is 1.29 bits per heavy atom. The van der Waals surface area contributed by atoms with Gasteiger partial charge < -0.3 is 20.7 Å². The predicted octanol–water partition coefficient (Wildman–Crippen LogP) is 1.85. The fourth-order valence-corrected chi connectivity index (χ4v) is 5.20. The maximum atomic E-state index is 11.9. The van der Waals surface area contributed by atoms with E-state index in [2.05, 4.69) is 15.0 Å². The normalized spacial score (nSPS) is 26.4. The van der Waals surface area contributed by atoms with E-state index >= 15 is 0 Å².